The average molecular weight is 513 g/mol. The molecule has 1 unspecified atom stereocenters. The van der Waals surface area contributed by atoms with Crippen LogP contribution in [0.25, 0.3) is 21.5 Å². The van der Waals surface area contributed by atoms with Gasteiger partial charge in [-0.2, -0.15) is 0 Å². The van der Waals surface area contributed by atoms with E-state index in [4.69, 9.17) is 20.9 Å². The molecular formula is C26H29ClN4O3S. The van der Waals surface area contributed by atoms with Gasteiger partial charge in [-0.3, -0.25) is 9.80 Å². The summed E-state index contributed by atoms with van der Waals surface area (Å²) in [6.07, 6.45) is -1.08. The van der Waals surface area contributed by atoms with Crippen LogP contribution in [0.15, 0.2) is 53.1 Å². The lowest BCUT2D eigenvalue weighted by atomic mass is 10.1. The van der Waals surface area contributed by atoms with Crippen LogP contribution in [-0.4, -0.2) is 63.1 Å². The fourth-order valence-electron chi connectivity index (χ4n) is 4.61. The summed E-state index contributed by atoms with van der Waals surface area (Å²) in [6.45, 7) is 9.10. The first kappa shape index (κ1) is 24.2. The third-order valence-corrected chi connectivity index (χ3v) is 7.50. The van der Waals surface area contributed by atoms with Gasteiger partial charge in [0, 0.05) is 54.9 Å². The number of nitrogens with zero attached hydrogens (tertiary/aromatic N) is 4. The number of fused-ring (bicyclic) bond motifs is 1. The van der Waals surface area contributed by atoms with E-state index < -0.39 is 12.3 Å². The van der Waals surface area contributed by atoms with Crippen molar-refractivity contribution < 1.29 is 14.4 Å². The molecule has 0 aliphatic carbocycles. The number of aliphatic hydroxyl groups is 1. The van der Waals surface area contributed by atoms with Gasteiger partial charge < -0.3 is 14.4 Å². The molecule has 184 valence electrons. The number of aryl methyl sites for hydroxylation is 1. The zero-order valence-electron chi connectivity index (χ0n) is 20.0. The first-order valence-corrected chi connectivity index (χ1v) is 13.0. The molecule has 2 aromatic carbocycles. The molecule has 35 heavy (non-hydrogen) atoms. The van der Waals surface area contributed by atoms with Crippen molar-refractivity contribution in [3.63, 3.8) is 0 Å². The molecule has 3 atom stereocenters. The second kappa shape index (κ2) is 10.2. The van der Waals surface area contributed by atoms with Crippen LogP contribution in [0.5, 0.6) is 5.75 Å². The molecule has 0 spiro atoms. The first-order valence-electron chi connectivity index (χ1n) is 11.8. The van der Waals surface area contributed by atoms with Gasteiger partial charge in [-0.25, -0.2) is 4.98 Å². The molecule has 0 radical (unpaired) electrons. The monoisotopic (exact) mass is 512 g/mol. The number of thiazole rings is 1. The second-order valence-electron chi connectivity index (χ2n) is 9.12. The van der Waals surface area contributed by atoms with Gasteiger partial charge in [-0.1, -0.05) is 16.8 Å². The third-order valence-electron chi connectivity index (χ3n) is 6.30. The highest BCUT2D eigenvalue weighted by atomic mass is 35.5. The summed E-state index contributed by atoms with van der Waals surface area (Å²) in [6, 6.07) is 15.7. The van der Waals surface area contributed by atoms with Crippen LogP contribution in [0, 0.1) is 6.92 Å². The molecule has 1 saturated heterocycles. The quantitative estimate of drug-likeness (QED) is 0.364. The van der Waals surface area contributed by atoms with Gasteiger partial charge in [0.25, 0.3) is 0 Å². The molecule has 2 aromatic heterocycles. The number of aromatic nitrogens is 2. The second-order valence-corrected chi connectivity index (χ2v) is 10.8. The lowest BCUT2D eigenvalue weighted by molar-refractivity contribution is -0.0959. The predicted molar refractivity (Wildman–Crippen MR) is 139 cm³/mol. The molecule has 5 rings (SSSR count). The Labute approximate surface area is 213 Å². The minimum absolute atomic E-state index is 0.191. The van der Waals surface area contributed by atoms with E-state index in [0.29, 0.717) is 11.6 Å². The van der Waals surface area contributed by atoms with E-state index in [1.165, 1.54) is 0 Å². The number of rotatable bonds is 7. The molecule has 1 N–H and O–H groups in total. The van der Waals surface area contributed by atoms with E-state index in [1.54, 1.807) is 18.3 Å². The van der Waals surface area contributed by atoms with E-state index in [2.05, 4.69) is 26.9 Å². The number of aliphatic hydroxyl groups excluding tert-OH is 1. The van der Waals surface area contributed by atoms with E-state index in [1.807, 2.05) is 55.5 Å². The topological polar surface area (TPSA) is 74.9 Å². The minimum Gasteiger partial charge on any atom is -0.472 e. The summed E-state index contributed by atoms with van der Waals surface area (Å²) in [4.78, 5) is 9.16. The lowest BCUT2D eigenvalue weighted by Crippen LogP contribution is -2.59. The highest BCUT2D eigenvalue weighted by Crippen LogP contribution is 2.28. The Hall–Kier alpha value is -2.49. The molecular weight excluding hydrogens is 484 g/mol. The van der Waals surface area contributed by atoms with Crippen LogP contribution in [-0.2, 0) is 6.54 Å². The fourth-order valence-corrected chi connectivity index (χ4v) is 5.55. The zero-order valence-corrected chi connectivity index (χ0v) is 21.6. The van der Waals surface area contributed by atoms with E-state index >= 15 is 0 Å². The zero-order chi connectivity index (χ0) is 24.5. The van der Waals surface area contributed by atoms with Crippen molar-refractivity contribution in [3.8, 4) is 17.1 Å². The summed E-state index contributed by atoms with van der Waals surface area (Å²) < 4.78 is 13.0. The van der Waals surface area contributed by atoms with Gasteiger partial charge >= 0.3 is 0 Å². The van der Waals surface area contributed by atoms with Crippen molar-refractivity contribution in [3.05, 3.63) is 64.3 Å². The van der Waals surface area contributed by atoms with Gasteiger partial charge in [0.05, 0.1) is 20.9 Å². The smallest absolute Gasteiger partial charge is 0.178 e. The Bertz CT molecular complexity index is 1290. The van der Waals surface area contributed by atoms with Crippen LogP contribution in [0.1, 0.15) is 24.5 Å². The summed E-state index contributed by atoms with van der Waals surface area (Å²) in [7, 11) is 0. The maximum Gasteiger partial charge on any atom is 0.178 e. The number of halogens is 1. The minimum atomic E-state index is -0.644. The molecule has 7 nitrogen and oxygen atoms in total. The van der Waals surface area contributed by atoms with Crippen molar-refractivity contribution in [2.24, 2.45) is 0 Å². The summed E-state index contributed by atoms with van der Waals surface area (Å²) in [5.74, 6) is 1.46. The van der Waals surface area contributed by atoms with Crippen LogP contribution < -0.4 is 4.74 Å². The van der Waals surface area contributed by atoms with Crippen LogP contribution in [0.2, 0.25) is 5.02 Å². The molecule has 4 aromatic rings. The Morgan fingerprint density at radius 3 is 2.74 bits per heavy atom. The molecule has 1 aliphatic rings. The molecule has 0 saturated carbocycles. The maximum atomic E-state index is 10.6. The summed E-state index contributed by atoms with van der Waals surface area (Å²) in [5, 5.41) is 16.6. The Morgan fingerprint density at radius 2 is 2.00 bits per heavy atom. The fraction of sp³-hybridized carbons (Fsp3) is 0.385. The normalized spacial score (nSPS) is 19.2. The van der Waals surface area contributed by atoms with Crippen LogP contribution in [0.3, 0.4) is 0 Å². The molecule has 1 fully saturated rings. The molecule has 0 bridgehead atoms. The van der Waals surface area contributed by atoms with Gasteiger partial charge in [0.1, 0.15) is 11.9 Å². The molecule has 1 aliphatic heterocycles. The summed E-state index contributed by atoms with van der Waals surface area (Å²) >= 11 is 7.65. The number of benzene rings is 2. The van der Waals surface area contributed by atoms with E-state index in [9.17, 15) is 5.11 Å². The van der Waals surface area contributed by atoms with Gasteiger partial charge in [0.2, 0.25) is 0 Å². The van der Waals surface area contributed by atoms with Crippen molar-refractivity contribution in [2.45, 2.75) is 45.7 Å². The Balaban J connectivity index is 1.22. The van der Waals surface area contributed by atoms with Crippen molar-refractivity contribution >= 4 is 33.2 Å². The molecule has 3 heterocycles. The number of hydrogen-bond donors (Lipinski definition) is 1. The summed E-state index contributed by atoms with van der Waals surface area (Å²) in [5.41, 5.74) is 2.78. The third kappa shape index (κ3) is 5.52. The SMILES string of the molecule is Cc1nc2cc(OC([C@@H](C)O)N3CCN(Cc4cc(-c5ccc(Cl)cc5)on4)C[C@@H]3C)ccc2s1. The maximum absolute atomic E-state index is 10.6. The number of hydrogen-bond acceptors (Lipinski definition) is 8. The van der Waals surface area contributed by atoms with Gasteiger partial charge in [-0.15, -0.1) is 11.3 Å². The number of piperazine rings is 1. The highest BCUT2D eigenvalue weighted by Gasteiger charge is 2.33. The van der Waals surface area contributed by atoms with Crippen molar-refractivity contribution in [2.75, 3.05) is 19.6 Å². The van der Waals surface area contributed by atoms with Crippen molar-refractivity contribution in [1.29, 1.82) is 0 Å². The van der Waals surface area contributed by atoms with Crippen LogP contribution >= 0.6 is 22.9 Å². The van der Waals surface area contributed by atoms with Gasteiger partial charge in [0.15, 0.2) is 12.0 Å². The van der Waals surface area contributed by atoms with Crippen LogP contribution in [0.4, 0.5) is 0 Å². The molecule has 0 amide bonds. The highest BCUT2D eigenvalue weighted by molar-refractivity contribution is 7.18. The number of ether oxygens (including phenoxy) is 1. The first-order chi connectivity index (χ1) is 16.9. The lowest BCUT2D eigenvalue weighted by Gasteiger charge is -2.44. The van der Waals surface area contributed by atoms with Gasteiger partial charge in [-0.05, 0) is 57.2 Å². The van der Waals surface area contributed by atoms with Crippen molar-refractivity contribution in [1.82, 2.24) is 19.9 Å². The Morgan fingerprint density at radius 1 is 1.20 bits per heavy atom. The largest absolute Gasteiger partial charge is 0.472 e. The predicted octanol–water partition coefficient (Wildman–Crippen LogP) is 5.21. The standard InChI is InChI=1S/C26H29ClN4O3S/c1-16-14-30(15-21-12-24(34-29-21)19-4-6-20(27)7-5-19)10-11-31(16)26(17(2)32)33-22-8-9-25-23(13-22)28-18(3)35-25/h4-9,12-13,16-17,26,32H,10-11,14-15H2,1-3H3/t16-,17+,26?/m0/s1. The average Bonchev–Trinajstić information content (AvgIpc) is 3.43. The molecule has 9 heteroatoms. The Kier molecular flexibility index (Phi) is 7.09. The van der Waals surface area contributed by atoms with E-state index in [-0.39, 0.29) is 6.04 Å². The van der Waals surface area contributed by atoms with E-state index in [0.717, 1.165) is 57.6 Å².